The van der Waals surface area contributed by atoms with Gasteiger partial charge >= 0.3 is 0 Å². The van der Waals surface area contributed by atoms with Crippen molar-refractivity contribution < 1.29 is 4.79 Å². The molecule has 0 spiro atoms. The number of nitrogens with one attached hydrogen (secondary N) is 1. The van der Waals surface area contributed by atoms with E-state index in [9.17, 15) is 4.79 Å². The zero-order valence-corrected chi connectivity index (χ0v) is 17.3. The third kappa shape index (κ3) is 5.33. The maximum Gasteiger partial charge on any atom is 0.274 e. The lowest BCUT2D eigenvalue weighted by atomic mass is 10.0. The summed E-state index contributed by atoms with van der Waals surface area (Å²) < 4.78 is 1.95. The summed E-state index contributed by atoms with van der Waals surface area (Å²) in [5.74, 6) is 0.00600. The van der Waals surface area contributed by atoms with Gasteiger partial charge in [-0.05, 0) is 50.8 Å². The molecule has 148 valence electrons. The Morgan fingerprint density at radius 3 is 2.70 bits per heavy atom. The Kier molecular flexibility index (Phi) is 7.87. The van der Waals surface area contributed by atoms with E-state index in [1.54, 1.807) is 0 Å². The van der Waals surface area contributed by atoms with Crippen molar-refractivity contribution in [3.05, 3.63) is 53.3 Å². The first-order valence-electron chi connectivity index (χ1n) is 9.67. The van der Waals surface area contributed by atoms with Crippen molar-refractivity contribution in [2.45, 2.75) is 51.6 Å². The monoisotopic (exact) mass is 390 g/mol. The normalized spacial score (nSPS) is 17.8. The summed E-state index contributed by atoms with van der Waals surface area (Å²) in [6, 6.07) is 10.9. The van der Waals surface area contributed by atoms with Crippen LogP contribution in [0.1, 0.15) is 53.8 Å². The van der Waals surface area contributed by atoms with Gasteiger partial charge in [0.15, 0.2) is 0 Å². The van der Waals surface area contributed by atoms with Crippen molar-refractivity contribution >= 4 is 18.3 Å². The lowest BCUT2D eigenvalue weighted by molar-refractivity contribution is 0.0719. The highest BCUT2D eigenvalue weighted by Crippen LogP contribution is 2.18. The van der Waals surface area contributed by atoms with Gasteiger partial charge in [-0.25, -0.2) is 0 Å². The fourth-order valence-corrected chi connectivity index (χ4v) is 3.61. The van der Waals surface area contributed by atoms with Crippen molar-refractivity contribution in [3.8, 4) is 0 Å². The Morgan fingerprint density at radius 2 is 2.07 bits per heavy atom. The lowest BCUT2D eigenvalue weighted by Crippen LogP contribution is -2.38. The van der Waals surface area contributed by atoms with Crippen LogP contribution in [0.2, 0.25) is 0 Å². The largest absolute Gasteiger partial charge is 0.337 e. The molecule has 1 aromatic heterocycles. The standard InChI is InChI=1S/C21H30N4O.ClH/c1-4-18(14-17-9-7-16(2)8-10-17)24(3)21(26)20-11-13-25(23-20)19-6-5-12-22-15-19;/h7-11,13,18-19,22H,4-6,12,14-15H2,1-3H3;1H. The average Bonchev–Trinajstić information content (AvgIpc) is 3.17. The van der Waals surface area contributed by atoms with Gasteiger partial charge in [0.2, 0.25) is 0 Å². The molecule has 0 saturated carbocycles. The first-order chi connectivity index (χ1) is 12.6. The number of hydrogen-bond donors (Lipinski definition) is 1. The summed E-state index contributed by atoms with van der Waals surface area (Å²) >= 11 is 0. The summed E-state index contributed by atoms with van der Waals surface area (Å²) in [7, 11) is 1.89. The maximum atomic E-state index is 12.9. The Balaban J connectivity index is 0.00000261. The highest BCUT2D eigenvalue weighted by molar-refractivity contribution is 5.92. The molecule has 0 bridgehead atoms. The number of likely N-dealkylation sites (N-methyl/N-ethyl adjacent to an activating group) is 1. The van der Waals surface area contributed by atoms with Crippen molar-refractivity contribution in [1.82, 2.24) is 20.0 Å². The minimum Gasteiger partial charge on any atom is -0.337 e. The summed E-state index contributed by atoms with van der Waals surface area (Å²) in [5.41, 5.74) is 3.07. The average molecular weight is 391 g/mol. The summed E-state index contributed by atoms with van der Waals surface area (Å²) in [6.45, 7) is 6.23. The number of benzene rings is 1. The van der Waals surface area contributed by atoms with Crippen LogP contribution in [0.4, 0.5) is 0 Å². The summed E-state index contributed by atoms with van der Waals surface area (Å²) in [6.07, 6.45) is 6.00. The molecule has 1 saturated heterocycles. The molecule has 1 aliphatic rings. The molecule has 1 N–H and O–H groups in total. The molecular weight excluding hydrogens is 360 g/mol. The zero-order chi connectivity index (χ0) is 18.5. The van der Waals surface area contributed by atoms with E-state index in [2.05, 4.69) is 48.5 Å². The van der Waals surface area contributed by atoms with Gasteiger partial charge in [-0.1, -0.05) is 36.8 Å². The first kappa shape index (κ1) is 21.5. The smallest absolute Gasteiger partial charge is 0.274 e. The molecule has 6 heteroatoms. The van der Waals surface area contributed by atoms with E-state index >= 15 is 0 Å². The molecule has 1 aliphatic heterocycles. The van der Waals surface area contributed by atoms with Crippen LogP contribution in [0, 0.1) is 6.92 Å². The van der Waals surface area contributed by atoms with E-state index in [0.29, 0.717) is 11.7 Å². The van der Waals surface area contributed by atoms with E-state index in [1.807, 2.05) is 28.9 Å². The van der Waals surface area contributed by atoms with Crippen LogP contribution in [0.3, 0.4) is 0 Å². The Hall–Kier alpha value is -1.85. The second kappa shape index (κ2) is 9.90. The predicted octanol–water partition coefficient (Wildman–Crippen LogP) is 3.63. The van der Waals surface area contributed by atoms with Crippen LogP contribution in [-0.4, -0.2) is 46.8 Å². The number of piperidine rings is 1. The third-order valence-electron chi connectivity index (χ3n) is 5.40. The molecular formula is C21H31ClN4O. The fraction of sp³-hybridized carbons (Fsp3) is 0.524. The van der Waals surface area contributed by atoms with Crippen molar-refractivity contribution in [3.63, 3.8) is 0 Å². The maximum absolute atomic E-state index is 12.9. The van der Waals surface area contributed by atoms with Crippen molar-refractivity contribution in [2.75, 3.05) is 20.1 Å². The second-order valence-corrected chi connectivity index (χ2v) is 7.35. The number of carbonyl (C=O) groups is 1. The molecule has 5 nitrogen and oxygen atoms in total. The third-order valence-corrected chi connectivity index (χ3v) is 5.40. The summed E-state index contributed by atoms with van der Waals surface area (Å²) in [5, 5.41) is 7.97. The highest BCUT2D eigenvalue weighted by Gasteiger charge is 2.23. The van der Waals surface area contributed by atoms with E-state index < -0.39 is 0 Å². The Morgan fingerprint density at radius 1 is 1.33 bits per heavy atom. The number of halogens is 1. The molecule has 27 heavy (non-hydrogen) atoms. The van der Waals surface area contributed by atoms with Gasteiger partial charge in [-0.3, -0.25) is 9.48 Å². The highest BCUT2D eigenvalue weighted by atomic mass is 35.5. The lowest BCUT2D eigenvalue weighted by Gasteiger charge is -2.27. The van der Waals surface area contributed by atoms with Crippen LogP contribution in [-0.2, 0) is 6.42 Å². The Bertz CT molecular complexity index is 722. The predicted molar refractivity (Wildman–Crippen MR) is 112 cm³/mol. The van der Waals surface area contributed by atoms with E-state index in [1.165, 1.54) is 11.1 Å². The minimum atomic E-state index is 0. The van der Waals surface area contributed by atoms with Crippen molar-refractivity contribution in [1.29, 1.82) is 0 Å². The van der Waals surface area contributed by atoms with Gasteiger partial charge in [0.05, 0.1) is 6.04 Å². The number of hydrogen-bond acceptors (Lipinski definition) is 3. The van der Waals surface area contributed by atoms with Crippen LogP contribution >= 0.6 is 12.4 Å². The van der Waals surface area contributed by atoms with E-state index in [0.717, 1.165) is 38.8 Å². The van der Waals surface area contributed by atoms with Crippen LogP contribution in [0.15, 0.2) is 36.5 Å². The molecule has 1 aromatic carbocycles. The SMILES string of the molecule is CCC(Cc1ccc(C)cc1)N(C)C(=O)c1ccn(C2CCCNC2)n1.Cl. The molecule has 2 unspecified atom stereocenters. The zero-order valence-electron chi connectivity index (χ0n) is 16.5. The summed E-state index contributed by atoms with van der Waals surface area (Å²) in [4.78, 5) is 14.8. The number of aryl methyl sites for hydroxylation is 1. The Labute approximate surface area is 168 Å². The first-order valence-corrected chi connectivity index (χ1v) is 9.67. The fourth-order valence-electron chi connectivity index (χ4n) is 3.61. The quantitative estimate of drug-likeness (QED) is 0.819. The van der Waals surface area contributed by atoms with E-state index in [-0.39, 0.29) is 24.4 Å². The molecule has 1 amide bonds. The minimum absolute atomic E-state index is 0. The second-order valence-electron chi connectivity index (χ2n) is 7.35. The molecule has 3 rings (SSSR count). The van der Waals surface area contributed by atoms with Gasteiger partial charge in [0.1, 0.15) is 5.69 Å². The van der Waals surface area contributed by atoms with Gasteiger partial charge < -0.3 is 10.2 Å². The molecule has 1 fully saturated rings. The number of nitrogens with zero attached hydrogens (tertiary/aromatic N) is 3. The van der Waals surface area contributed by atoms with E-state index in [4.69, 9.17) is 0 Å². The van der Waals surface area contributed by atoms with Crippen LogP contribution < -0.4 is 5.32 Å². The molecule has 2 heterocycles. The molecule has 2 aromatic rings. The number of amides is 1. The molecule has 0 radical (unpaired) electrons. The van der Waals surface area contributed by atoms with Gasteiger partial charge in [0, 0.05) is 25.8 Å². The number of aromatic nitrogens is 2. The van der Waals surface area contributed by atoms with Gasteiger partial charge in [-0.2, -0.15) is 5.10 Å². The van der Waals surface area contributed by atoms with Crippen LogP contribution in [0.25, 0.3) is 0 Å². The topological polar surface area (TPSA) is 50.2 Å². The van der Waals surface area contributed by atoms with Crippen LogP contribution in [0.5, 0.6) is 0 Å². The van der Waals surface area contributed by atoms with Gasteiger partial charge in [0.25, 0.3) is 5.91 Å². The van der Waals surface area contributed by atoms with Gasteiger partial charge in [-0.15, -0.1) is 12.4 Å². The number of carbonyl (C=O) groups excluding carboxylic acids is 1. The number of rotatable bonds is 6. The molecule has 0 aliphatic carbocycles. The van der Waals surface area contributed by atoms with Crippen molar-refractivity contribution in [2.24, 2.45) is 0 Å². The molecule has 2 atom stereocenters.